The van der Waals surface area contributed by atoms with Gasteiger partial charge in [-0.1, -0.05) is 0 Å². The average Bonchev–Trinajstić information content (AvgIpc) is 3.81. The highest BCUT2D eigenvalue weighted by molar-refractivity contribution is 7.91. The number of hydrogen-bond donors (Lipinski definition) is 2. The molecule has 2 heterocycles. The first kappa shape index (κ1) is 37.4. The van der Waals surface area contributed by atoms with Crippen molar-refractivity contribution >= 4 is 64.4 Å². The van der Waals surface area contributed by atoms with Gasteiger partial charge in [0.1, 0.15) is 23.1 Å². The second-order valence-electron chi connectivity index (χ2n) is 11.4. The molecule has 0 saturated carbocycles. The monoisotopic (exact) mass is 794 g/mol. The van der Waals surface area contributed by atoms with Crippen molar-refractivity contribution in [2.75, 3.05) is 22.1 Å². The summed E-state index contributed by atoms with van der Waals surface area (Å²) < 4.78 is 82.0. The smallest absolute Gasteiger partial charge is 0.227 e. The molecule has 11 nitrogen and oxygen atoms in total. The zero-order chi connectivity index (χ0) is 37.6. The number of nitrogens with one attached hydrogen (secondary N) is 2. The molecule has 0 atom stereocenters. The molecule has 0 saturated heterocycles. The molecular formula is C36H28F2N4O7S4. The lowest BCUT2D eigenvalue weighted by Crippen LogP contribution is -2.17. The summed E-state index contributed by atoms with van der Waals surface area (Å²) >= 11 is 2.39. The first-order valence-electron chi connectivity index (χ1n) is 15.7. The Kier molecular flexibility index (Phi) is 11.4. The molecular weight excluding hydrogens is 767 g/mol. The number of hydrogen-bond acceptors (Lipinski definition) is 11. The predicted octanol–water partition coefficient (Wildman–Crippen LogP) is 7.61. The second-order valence-corrected chi connectivity index (χ2v) is 17.3. The Bertz CT molecular complexity index is 2280. The number of halogens is 2. The Morgan fingerprint density at radius 1 is 0.566 bits per heavy atom. The minimum atomic E-state index is -3.75. The molecule has 6 aromatic rings. The van der Waals surface area contributed by atoms with Crippen LogP contribution in [-0.2, 0) is 29.3 Å². The van der Waals surface area contributed by atoms with Crippen LogP contribution < -0.4 is 15.4 Å². The number of sulfone groups is 2. The van der Waals surface area contributed by atoms with Crippen LogP contribution in [0.2, 0.25) is 0 Å². The number of nitrogens with zero attached hydrogens (tertiary/aromatic N) is 2. The molecule has 0 fully saturated rings. The van der Waals surface area contributed by atoms with Gasteiger partial charge in [-0.05, 0) is 97.1 Å². The Hall–Kier alpha value is -5.36. The Morgan fingerprint density at radius 2 is 0.925 bits per heavy atom. The number of amides is 2. The van der Waals surface area contributed by atoms with Gasteiger partial charge in [0, 0.05) is 34.7 Å². The number of rotatable bonds is 14. The second kappa shape index (κ2) is 16.1. The molecule has 17 heteroatoms. The first-order valence-corrected chi connectivity index (χ1v) is 20.8. The topological polar surface area (TPSA) is 161 Å². The first-order chi connectivity index (χ1) is 25.3. The van der Waals surface area contributed by atoms with E-state index in [1.165, 1.54) is 22.7 Å². The maximum absolute atomic E-state index is 13.1. The molecule has 53 heavy (non-hydrogen) atoms. The van der Waals surface area contributed by atoms with E-state index in [4.69, 9.17) is 4.74 Å². The fourth-order valence-corrected chi connectivity index (χ4v) is 8.74. The van der Waals surface area contributed by atoms with Gasteiger partial charge in [-0.2, -0.15) is 0 Å². The number of carbonyl (C=O) groups excluding carboxylic acids is 2. The van der Waals surface area contributed by atoms with E-state index in [9.17, 15) is 35.2 Å². The molecule has 272 valence electrons. The van der Waals surface area contributed by atoms with Gasteiger partial charge in [-0.3, -0.25) is 9.59 Å². The van der Waals surface area contributed by atoms with Gasteiger partial charge in [-0.15, -0.1) is 22.7 Å². The number of carbonyl (C=O) groups is 2. The molecule has 0 aliphatic carbocycles. The van der Waals surface area contributed by atoms with Crippen molar-refractivity contribution in [3.63, 3.8) is 0 Å². The van der Waals surface area contributed by atoms with Crippen LogP contribution in [0, 0.1) is 11.6 Å². The van der Waals surface area contributed by atoms with E-state index in [0.29, 0.717) is 33.1 Å². The van der Waals surface area contributed by atoms with Gasteiger partial charge in [0.15, 0.2) is 29.9 Å². The number of benzene rings is 4. The van der Waals surface area contributed by atoms with Crippen molar-refractivity contribution in [2.24, 2.45) is 0 Å². The molecule has 2 amide bonds. The SMILES string of the molecule is O=C(CCS(=O)(=O)c1ccc(F)cc1)Nc1nc(-c2ccc(Oc3ccc(-c4csc(NC(=O)CCS(=O)(=O)c5ccc(F)cc5)n4)cc3)cc2)cs1. The summed E-state index contributed by atoms with van der Waals surface area (Å²) in [6.07, 6.45) is -0.578. The van der Waals surface area contributed by atoms with Gasteiger partial charge in [-0.25, -0.2) is 35.6 Å². The molecule has 0 spiro atoms. The Morgan fingerprint density at radius 3 is 1.28 bits per heavy atom. The summed E-state index contributed by atoms with van der Waals surface area (Å²) in [4.78, 5) is 33.6. The molecule has 0 unspecified atom stereocenters. The summed E-state index contributed by atoms with van der Waals surface area (Å²) in [5.74, 6) is -1.87. The summed E-state index contributed by atoms with van der Waals surface area (Å²) in [6.45, 7) is 0. The molecule has 0 aliphatic rings. The zero-order valence-corrected chi connectivity index (χ0v) is 30.6. The van der Waals surface area contributed by atoms with E-state index in [1.54, 1.807) is 35.0 Å². The standard InChI is InChI=1S/C36H28F2N4O7S4/c37-25-5-13-29(14-6-25)52(45,46)19-17-33(43)41-35-39-31(21-50-35)23-1-9-27(10-2-23)49-28-11-3-24(4-12-28)32-22-51-36(40-32)42-34(44)18-20-53(47,48)30-15-7-26(38)8-16-30/h1-16,21-22H,17-20H2,(H,39,41,43)(H,40,42,44). The number of ether oxygens (including phenoxy) is 1. The van der Waals surface area contributed by atoms with Gasteiger partial charge in [0.25, 0.3) is 0 Å². The van der Waals surface area contributed by atoms with Crippen LogP contribution in [0.1, 0.15) is 12.8 Å². The van der Waals surface area contributed by atoms with Gasteiger partial charge < -0.3 is 15.4 Å². The highest BCUT2D eigenvalue weighted by Crippen LogP contribution is 2.31. The fraction of sp³-hybridized carbons (Fsp3) is 0.111. The molecule has 4 aromatic carbocycles. The van der Waals surface area contributed by atoms with Crippen molar-refractivity contribution < 1.29 is 39.9 Å². The molecule has 6 rings (SSSR count). The summed E-state index contributed by atoms with van der Waals surface area (Å²) in [5, 5.41) is 9.38. The third kappa shape index (κ3) is 9.95. The highest BCUT2D eigenvalue weighted by Gasteiger charge is 2.19. The minimum absolute atomic E-state index is 0.0561. The minimum Gasteiger partial charge on any atom is -0.457 e. The van der Waals surface area contributed by atoms with Crippen molar-refractivity contribution in [2.45, 2.75) is 22.6 Å². The normalized spacial score (nSPS) is 11.6. The quantitative estimate of drug-likeness (QED) is 0.106. The maximum atomic E-state index is 13.1. The van der Waals surface area contributed by atoms with E-state index in [-0.39, 0.29) is 22.6 Å². The molecule has 2 aromatic heterocycles. The van der Waals surface area contributed by atoms with E-state index < -0.39 is 54.6 Å². The van der Waals surface area contributed by atoms with Crippen molar-refractivity contribution in [3.8, 4) is 34.0 Å². The lowest BCUT2D eigenvalue weighted by atomic mass is 10.1. The predicted molar refractivity (Wildman–Crippen MR) is 199 cm³/mol. The lowest BCUT2D eigenvalue weighted by Gasteiger charge is -2.07. The van der Waals surface area contributed by atoms with Crippen LogP contribution in [-0.4, -0.2) is 50.1 Å². The number of aromatic nitrogens is 2. The third-order valence-corrected chi connectivity index (χ3v) is 12.6. The van der Waals surface area contributed by atoms with Crippen molar-refractivity contribution in [3.05, 3.63) is 119 Å². The highest BCUT2D eigenvalue weighted by atomic mass is 32.2. The average molecular weight is 795 g/mol. The summed E-state index contributed by atoms with van der Waals surface area (Å²) in [5.41, 5.74) is 2.75. The van der Waals surface area contributed by atoms with Crippen LogP contribution in [0.15, 0.2) is 118 Å². The van der Waals surface area contributed by atoms with Crippen molar-refractivity contribution in [1.82, 2.24) is 9.97 Å². The Labute approximate surface area is 311 Å². The largest absolute Gasteiger partial charge is 0.457 e. The van der Waals surface area contributed by atoms with Crippen LogP contribution in [0.4, 0.5) is 19.0 Å². The van der Waals surface area contributed by atoms with Crippen LogP contribution in [0.3, 0.4) is 0 Å². The third-order valence-electron chi connectivity index (χ3n) is 7.58. The van der Waals surface area contributed by atoms with E-state index in [0.717, 1.165) is 59.7 Å². The number of anilines is 2. The van der Waals surface area contributed by atoms with Crippen LogP contribution in [0.25, 0.3) is 22.5 Å². The fourth-order valence-electron chi connectivity index (χ4n) is 4.79. The molecule has 2 N–H and O–H groups in total. The van der Waals surface area contributed by atoms with Gasteiger partial charge >= 0.3 is 0 Å². The van der Waals surface area contributed by atoms with Gasteiger partial charge in [0.05, 0.1) is 32.7 Å². The maximum Gasteiger partial charge on any atom is 0.227 e. The Balaban J connectivity index is 0.973. The van der Waals surface area contributed by atoms with E-state index in [2.05, 4.69) is 20.6 Å². The molecule has 0 aliphatic heterocycles. The van der Waals surface area contributed by atoms with E-state index >= 15 is 0 Å². The van der Waals surface area contributed by atoms with Crippen LogP contribution in [0.5, 0.6) is 11.5 Å². The van der Waals surface area contributed by atoms with E-state index in [1.807, 2.05) is 24.3 Å². The van der Waals surface area contributed by atoms with Crippen LogP contribution >= 0.6 is 22.7 Å². The molecule has 0 bridgehead atoms. The van der Waals surface area contributed by atoms with Crippen molar-refractivity contribution in [1.29, 1.82) is 0 Å². The van der Waals surface area contributed by atoms with Gasteiger partial charge in [0.2, 0.25) is 11.8 Å². The lowest BCUT2D eigenvalue weighted by molar-refractivity contribution is -0.116. The zero-order valence-electron chi connectivity index (χ0n) is 27.4. The summed E-state index contributed by atoms with van der Waals surface area (Å²) in [7, 11) is -7.50. The number of thiazole rings is 2. The summed E-state index contributed by atoms with van der Waals surface area (Å²) in [6, 6.07) is 23.2. The molecule has 0 radical (unpaired) electrons.